The molecule has 0 unspecified atom stereocenters. The minimum absolute atomic E-state index is 0.0109. The van der Waals surface area contributed by atoms with Gasteiger partial charge in [-0.15, -0.1) is 0 Å². The summed E-state index contributed by atoms with van der Waals surface area (Å²) in [7, 11) is 0. The Labute approximate surface area is 179 Å². The maximum Gasteiger partial charge on any atom is 0.411 e. The van der Waals surface area contributed by atoms with E-state index in [1.165, 1.54) is 17.0 Å². The number of halogens is 1. The minimum atomic E-state index is -0.980. The van der Waals surface area contributed by atoms with E-state index in [1.54, 1.807) is 20.8 Å². The maximum absolute atomic E-state index is 14.3. The number of fused-ring (bicyclic) bond motifs is 2. The lowest BCUT2D eigenvalue weighted by Gasteiger charge is -2.35. The lowest BCUT2D eigenvalue weighted by atomic mass is 9.97. The van der Waals surface area contributed by atoms with Gasteiger partial charge in [-0.25, -0.2) is 9.18 Å². The molecule has 1 aromatic rings. The first-order valence-electron chi connectivity index (χ1n) is 10.2. The zero-order valence-corrected chi connectivity index (χ0v) is 17.7. The van der Waals surface area contributed by atoms with E-state index in [1.807, 2.05) is 6.07 Å². The van der Waals surface area contributed by atoms with Gasteiger partial charge in [-0.1, -0.05) is 17.2 Å². The molecule has 2 aliphatic rings. The molecule has 4 atom stereocenters. The van der Waals surface area contributed by atoms with Crippen molar-refractivity contribution in [1.82, 2.24) is 10.2 Å². The first kappa shape index (κ1) is 22.4. The van der Waals surface area contributed by atoms with Gasteiger partial charge >= 0.3 is 6.09 Å². The standard InChI is InChI=1S/C21H25FN6O3/c1-21(2,3)31-20(30)28-16-7-5-13(9-16)18(28)19(29)25-15(11-23)8-12-4-6-14(26-27-24)10-17(12)22/h4,6,10,13,15-16,18H,5,7-9H2,1-3H3,(H,25,29)/t13-,15-,16+,18-/m0/s1. The SMILES string of the molecule is CC(C)(C)OC(=O)N1[C@@H]2CC[C@@H](C2)[C@H]1C(=O)N[C@H](C#N)Cc1ccc(N=[N+]=[N-])cc1F. The summed E-state index contributed by atoms with van der Waals surface area (Å²) in [6, 6.07) is 4.17. The van der Waals surface area contributed by atoms with Crippen LogP contribution >= 0.6 is 0 Å². The quantitative estimate of drug-likeness (QED) is 0.429. The molecule has 10 heteroatoms. The molecule has 2 amide bonds. The molecule has 1 N–H and O–H groups in total. The molecule has 1 aliphatic carbocycles. The highest BCUT2D eigenvalue weighted by Crippen LogP contribution is 2.43. The average molecular weight is 428 g/mol. The number of carbonyl (C=O) groups excluding carboxylic acids is 2. The van der Waals surface area contributed by atoms with E-state index in [-0.39, 0.29) is 29.6 Å². The maximum atomic E-state index is 14.3. The van der Waals surface area contributed by atoms with E-state index in [2.05, 4.69) is 15.3 Å². The molecule has 1 saturated carbocycles. The third-order valence-electron chi connectivity index (χ3n) is 5.55. The first-order valence-corrected chi connectivity index (χ1v) is 10.2. The number of piperidine rings is 1. The van der Waals surface area contributed by atoms with E-state index >= 15 is 0 Å². The van der Waals surface area contributed by atoms with Crippen LogP contribution in [0.15, 0.2) is 23.3 Å². The lowest BCUT2D eigenvalue weighted by Crippen LogP contribution is -2.55. The number of rotatable bonds is 5. The van der Waals surface area contributed by atoms with Gasteiger partial charge in [0.05, 0.1) is 6.07 Å². The highest BCUT2D eigenvalue weighted by molar-refractivity contribution is 5.87. The Kier molecular flexibility index (Phi) is 6.37. The third-order valence-corrected chi connectivity index (χ3v) is 5.55. The van der Waals surface area contributed by atoms with Crippen LogP contribution < -0.4 is 5.32 Å². The fraction of sp³-hybridized carbons (Fsp3) is 0.571. The van der Waals surface area contributed by atoms with Crippen molar-refractivity contribution in [3.05, 3.63) is 40.0 Å². The Hall–Kier alpha value is -3.31. The first-order chi connectivity index (χ1) is 14.6. The number of hydrogen-bond acceptors (Lipinski definition) is 5. The predicted octanol–water partition coefficient (Wildman–Crippen LogP) is 4.11. The van der Waals surface area contributed by atoms with Crippen molar-refractivity contribution in [3.8, 4) is 6.07 Å². The van der Waals surface area contributed by atoms with Crippen molar-refractivity contribution in [3.63, 3.8) is 0 Å². The number of likely N-dealkylation sites (tertiary alicyclic amines) is 1. The summed E-state index contributed by atoms with van der Waals surface area (Å²) in [6.07, 6.45) is 1.78. The fourth-order valence-corrected chi connectivity index (χ4v) is 4.32. The molecule has 9 nitrogen and oxygen atoms in total. The number of ether oxygens (including phenoxy) is 1. The van der Waals surface area contributed by atoms with Crippen molar-refractivity contribution in [2.75, 3.05) is 0 Å². The second kappa shape index (κ2) is 8.82. The second-order valence-corrected chi connectivity index (χ2v) is 8.92. The van der Waals surface area contributed by atoms with Crippen LogP contribution in [-0.2, 0) is 16.0 Å². The van der Waals surface area contributed by atoms with Crippen molar-refractivity contribution < 1.29 is 18.7 Å². The average Bonchev–Trinajstić information content (AvgIpc) is 3.29. The van der Waals surface area contributed by atoms with Gasteiger partial charge in [0.1, 0.15) is 23.5 Å². The van der Waals surface area contributed by atoms with Crippen LogP contribution in [0.2, 0.25) is 0 Å². The summed E-state index contributed by atoms with van der Waals surface area (Å²) in [5, 5.41) is 15.5. The zero-order valence-electron chi connectivity index (χ0n) is 17.7. The molecule has 0 radical (unpaired) electrons. The van der Waals surface area contributed by atoms with Crippen LogP contribution in [0.3, 0.4) is 0 Å². The van der Waals surface area contributed by atoms with Gasteiger partial charge in [-0.3, -0.25) is 9.69 Å². The van der Waals surface area contributed by atoms with E-state index in [0.717, 1.165) is 25.3 Å². The molecular weight excluding hydrogens is 403 g/mol. The third kappa shape index (κ3) is 5.06. The molecule has 0 aromatic heterocycles. The predicted molar refractivity (Wildman–Crippen MR) is 109 cm³/mol. The van der Waals surface area contributed by atoms with Crippen molar-refractivity contribution >= 4 is 17.7 Å². The van der Waals surface area contributed by atoms with E-state index < -0.39 is 35.5 Å². The number of amides is 2. The Morgan fingerprint density at radius 2 is 2.19 bits per heavy atom. The molecule has 0 spiro atoms. The van der Waals surface area contributed by atoms with Crippen molar-refractivity contribution in [1.29, 1.82) is 5.26 Å². The summed E-state index contributed by atoms with van der Waals surface area (Å²) < 4.78 is 19.8. The van der Waals surface area contributed by atoms with Crippen LogP contribution in [-0.4, -0.2) is 40.6 Å². The van der Waals surface area contributed by atoms with Crippen LogP contribution in [0, 0.1) is 23.1 Å². The normalized spacial score (nSPS) is 22.9. The van der Waals surface area contributed by atoms with Crippen LogP contribution in [0.5, 0.6) is 0 Å². The monoisotopic (exact) mass is 428 g/mol. The Morgan fingerprint density at radius 1 is 1.45 bits per heavy atom. The fourth-order valence-electron chi connectivity index (χ4n) is 4.32. The number of nitrogens with zero attached hydrogens (tertiary/aromatic N) is 5. The van der Waals surface area contributed by atoms with E-state index in [0.29, 0.717) is 0 Å². The Bertz CT molecular complexity index is 963. The summed E-state index contributed by atoms with van der Waals surface area (Å²) in [6.45, 7) is 5.30. The molecule has 3 rings (SSSR count). The molecule has 31 heavy (non-hydrogen) atoms. The van der Waals surface area contributed by atoms with Gasteiger partial charge < -0.3 is 10.1 Å². The van der Waals surface area contributed by atoms with Gasteiger partial charge in [0, 0.05) is 23.1 Å². The molecule has 1 aliphatic heterocycles. The van der Waals surface area contributed by atoms with Gasteiger partial charge in [0.25, 0.3) is 0 Å². The van der Waals surface area contributed by atoms with Gasteiger partial charge in [-0.05, 0) is 63.1 Å². The highest BCUT2D eigenvalue weighted by Gasteiger charge is 2.52. The molecule has 1 saturated heterocycles. The molecule has 2 fully saturated rings. The van der Waals surface area contributed by atoms with Crippen LogP contribution in [0.1, 0.15) is 45.6 Å². The number of nitriles is 1. The zero-order chi connectivity index (χ0) is 22.8. The van der Waals surface area contributed by atoms with Gasteiger partial charge in [0.2, 0.25) is 5.91 Å². The number of carbonyl (C=O) groups is 2. The number of benzene rings is 1. The van der Waals surface area contributed by atoms with Crippen LogP contribution in [0.25, 0.3) is 10.4 Å². The van der Waals surface area contributed by atoms with E-state index in [9.17, 15) is 19.2 Å². The highest BCUT2D eigenvalue weighted by atomic mass is 19.1. The topological polar surface area (TPSA) is 131 Å². The minimum Gasteiger partial charge on any atom is -0.444 e. The van der Waals surface area contributed by atoms with Crippen molar-refractivity contribution in [2.24, 2.45) is 11.0 Å². The largest absolute Gasteiger partial charge is 0.444 e. The van der Waals surface area contributed by atoms with E-state index in [4.69, 9.17) is 10.3 Å². The summed E-state index contributed by atoms with van der Waals surface area (Å²) in [5.74, 6) is -1.05. The molecule has 164 valence electrons. The summed E-state index contributed by atoms with van der Waals surface area (Å²) in [5.41, 5.74) is 8.09. The number of hydrogen-bond donors (Lipinski definition) is 1. The summed E-state index contributed by atoms with van der Waals surface area (Å²) in [4.78, 5) is 29.9. The molecule has 2 bridgehead atoms. The van der Waals surface area contributed by atoms with Crippen molar-refractivity contribution in [2.45, 2.75) is 70.2 Å². The van der Waals surface area contributed by atoms with Gasteiger partial charge in [-0.2, -0.15) is 5.26 Å². The number of nitrogens with one attached hydrogen (secondary N) is 1. The smallest absolute Gasteiger partial charge is 0.411 e. The number of azide groups is 1. The van der Waals surface area contributed by atoms with Crippen LogP contribution in [0.4, 0.5) is 14.9 Å². The second-order valence-electron chi connectivity index (χ2n) is 8.92. The van der Waals surface area contributed by atoms with Gasteiger partial charge in [0.15, 0.2) is 0 Å². The Morgan fingerprint density at radius 3 is 2.81 bits per heavy atom. The summed E-state index contributed by atoms with van der Waals surface area (Å²) >= 11 is 0. The molecular formula is C21H25FN6O3. The molecule has 1 heterocycles. The lowest BCUT2D eigenvalue weighted by molar-refractivity contribution is -0.128. The Balaban J connectivity index is 1.72. The molecule has 1 aromatic carbocycles.